The van der Waals surface area contributed by atoms with Crippen LogP contribution in [-0.4, -0.2) is 38.2 Å². The molecule has 0 aromatic heterocycles. The number of carbonyl (C=O) groups excluding carboxylic acids is 2. The Hall–Kier alpha value is -3.09. The third kappa shape index (κ3) is 6.76. The van der Waals surface area contributed by atoms with Crippen LogP contribution in [0.1, 0.15) is 43.1 Å². The molecule has 0 saturated heterocycles. The predicted molar refractivity (Wildman–Crippen MR) is 110 cm³/mol. The summed E-state index contributed by atoms with van der Waals surface area (Å²) in [6.07, 6.45) is 0.692. The Morgan fingerprint density at radius 2 is 1.63 bits per heavy atom. The predicted octanol–water partition coefficient (Wildman–Crippen LogP) is 4.38. The average Bonchev–Trinajstić information content (AvgIpc) is 2.69. The van der Waals surface area contributed by atoms with Crippen LogP contribution in [0.15, 0.2) is 36.4 Å². The van der Waals surface area contributed by atoms with E-state index in [0.29, 0.717) is 23.5 Å². The van der Waals surface area contributed by atoms with E-state index in [9.17, 15) is 14.0 Å². The summed E-state index contributed by atoms with van der Waals surface area (Å²) >= 11 is 0. The quantitative estimate of drug-likeness (QED) is 0.445. The first kappa shape index (κ1) is 23.2. The van der Waals surface area contributed by atoms with E-state index >= 15 is 0 Å². The molecule has 6 nitrogen and oxygen atoms in total. The second-order valence-corrected chi connectivity index (χ2v) is 7.63. The molecular weight excluding hydrogens is 391 g/mol. The molecule has 0 spiro atoms. The average molecular weight is 418 g/mol. The van der Waals surface area contributed by atoms with Gasteiger partial charge in [-0.1, -0.05) is 6.07 Å². The van der Waals surface area contributed by atoms with Crippen LogP contribution in [-0.2, 0) is 16.0 Å². The molecule has 0 saturated carbocycles. The second kappa shape index (κ2) is 10.1. The van der Waals surface area contributed by atoms with Gasteiger partial charge in [-0.05, 0) is 63.1 Å². The van der Waals surface area contributed by atoms with Gasteiger partial charge in [0.1, 0.15) is 5.60 Å². The maximum absolute atomic E-state index is 14.0. The topological polar surface area (TPSA) is 71.1 Å². The van der Waals surface area contributed by atoms with Crippen molar-refractivity contribution in [3.63, 3.8) is 0 Å². The number of esters is 1. The van der Waals surface area contributed by atoms with Crippen LogP contribution in [0.25, 0.3) is 0 Å². The number of hydrogen-bond donors (Lipinski definition) is 0. The summed E-state index contributed by atoms with van der Waals surface area (Å²) in [6, 6.07) is 9.29. The van der Waals surface area contributed by atoms with E-state index in [-0.39, 0.29) is 18.0 Å². The highest BCUT2D eigenvalue weighted by Crippen LogP contribution is 2.28. The van der Waals surface area contributed by atoms with E-state index in [4.69, 9.17) is 18.9 Å². The molecule has 0 unspecified atom stereocenters. The van der Waals surface area contributed by atoms with Crippen molar-refractivity contribution in [3.05, 3.63) is 53.3 Å². The number of benzene rings is 2. The van der Waals surface area contributed by atoms with Crippen molar-refractivity contribution in [2.45, 2.75) is 39.2 Å². The standard InChI is InChI=1S/C23H27FO6/c1-23(2,3)30-22(26)14-29-20-13-16(8-9-17(20)24)18(25)10-6-15-7-11-19(27-4)21(12-15)28-5/h7-9,11-13H,6,10,14H2,1-5H3. The summed E-state index contributed by atoms with van der Waals surface area (Å²) in [5.74, 6) is -0.424. The van der Waals surface area contributed by atoms with Crippen LogP contribution >= 0.6 is 0 Å². The van der Waals surface area contributed by atoms with Gasteiger partial charge < -0.3 is 18.9 Å². The first-order chi connectivity index (χ1) is 14.1. The summed E-state index contributed by atoms with van der Waals surface area (Å²) in [4.78, 5) is 24.3. The molecule has 7 heteroatoms. The lowest BCUT2D eigenvalue weighted by atomic mass is 10.0. The largest absolute Gasteiger partial charge is 0.493 e. The Balaban J connectivity index is 2.01. The van der Waals surface area contributed by atoms with Gasteiger partial charge in [-0.15, -0.1) is 0 Å². The van der Waals surface area contributed by atoms with Crippen LogP contribution in [0.2, 0.25) is 0 Å². The smallest absolute Gasteiger partial charge is 0.344 e. The molecule has 2 rings (SSSR count). The van der Waals surface area contributed by atoms with Gasteiger partial charge >= 0.3 is 5.97 Å². The number of aryl methyl sites for hydroxylation is 1. The van der Waals surface area contributed by atoms with Gasteiger partial charge in [0.15, 0.2) is 35.5 Å². The molecule has 2 aromatic rings. The fraction of sp³-hybridized carbons (Fsp3) is 0.391. The number of rotatable bonds is 9. The molecule has 0 amide bonds. The fourth-order valence-corrected chi connectivity index (χ4v) is 2.73. The molecule has 0 radical (unpaired) electrons. The molecule has 30 heavy (non-hydrogen) atoms. The van der Waals surface area contributed by atoms with Gasteiger partial charge in [-0.25, -0.2) is 9.18 Å². The lowest BCUT2D eigenvalue weighted by Gasteiger charge is -2.19. The molecule has 0 aliphatic rings. The zero-order valence-electron chi connectivity index (χ0n) is 17.9. The Bertz CT molecular complexity index is 901. The van der Waals surface area contributed by atoms with Crippen molar-refractivity contribution >= 4 is 11.8 Å². The van der Waals surface area contributed by atoms with Crippen molar-refractivity contribution in [2.24, 2.45) is 0 Å². The third-order valence-electron chi connectivity index (χ3n) is 4.11. The van der Waals surface area contributed by atoms with E-state index in [1.54, 1.807) is 41.1 Å². The van der Waals surface area contributed by atoms with E-state index < -0.39 is 24.0 Å². The van der Waals surface area contributed by atoms with E-state index in [1.165, 1.54) is 12.1 Å². The van der Waals surface area contributed by atoms with Crippen molar-refractivity contribution < 1.29 is 32.9 Å². The number of methoxy groups -OCH3 is 2. The van der Waals surface area contributed by atoms with Gasteiger partial charge in [0.05, 0.1) is 14.2 Å². The van der Waals surface area contributed by atoms with Gasteiger partial charge in [0, 0.05) is 12.0 Å². The number of halogens is 1. The molecule has 0 N–H and O–H groups in total. The maximum Gasteiger partial charge on any atom is 0.344 e. The van der Waals surface area contributed by atoms with Crippen molar-refractivity contribution in [3.8, 4) is 17.2 Å². The summed E-state index contributed by atoms with van der Waals surface area (Å²) in [5.41, 5.74) is 0.543. The fourth-order valence-electron chi connectivity index (χ4n) is 2.73. The minimum atomic E-state index is -0.666. The molecule has 0 atom stereocenters. The molecular formula is C23H27FO6. The van der Waals surface area contributed by atoms with Crippen molar-refractivity contribution in [1.29, 1.82) is 0 Å². The summed E-state index contributed by atoms with van der Waals surface area (Å²) in [7, 11) is 3.10. The second-order valence-electron chi connectivity index (χ2n) is 7.63. The van der Waals surface area contributed by atoms with Crippen LogP contribution in [0.4, 0.5) is 4.39 Å². The highest BCUT2D eigenvalue weighted by Gasteiger charge is 2.18. The highest BCUT2D eigenvalue weighted by molar-refractivity contribution is 5.96. The third-order valence-corrected chi connectivity index (χ3v) is 4.11. The molecule has 162 valence electrons. The number of ketones is 1. The summed E-state index contributed by atoms with van der Waals surface area (Å²) in [6.45, 7) is 4.73. The van der Waals surface area contributed by atoms with E-state index in [0.717, 1.165) is 11.6 Å². The van der Waals surface area contributed by atoms with Gasteiger partial charge in [0.2, 0.25) is 0 Å². The van der Waals surface area contributed by atoms with Gasteiger partial charge in [-0.3, -0.25) is 4.79 Å². The number of carbonyl (C=O) groups is 2. The van der Waals surface area contributed by atoms with Crippen molar-refractivity contribution in [2.75, 3.05) is 20.8 Å². The van der Waals surface area contributed by atoms with Crippen LogP contribution in [0, 0.1) is 5.82 Å². The lowest BCUT2D eigenvalue weighted by molar-refractivity contribution is -0.157. The number of Topliss-reactive ketones (excluding diaryl/α,β-unsaturated/α-hetero) is 1. The Labute approximate surface area is 175 Å². The summed E-state index contributed by atoms with van der Waals surface area (Å²) in [5, 5.41) is 0. The minimum Gasteiger partial charge on any atom is -0.493 e. The minimum absolute atomic E-state index is 0.169. The van der Waals surface area contributed by atoms with E-state index in [1.807, 2.05) is 12.1 Å². The van der Waals surface area contributed by atoms with Crippen molar-refractivity contribution in [1.82, 2.24) is 0 Å². The van der Waals surface area contributed by atoms with Gasteiger partial charge in [0.25, 0.3) is 0 Å². The van der Waals surface area contributed by atoms with Crippen LogP contribution in [0.3, 0.4) is 0 Å². The SMILES string of the molecule is COc1ccc(CCC(=O)c2ccc(F)c(OCC(=O)OC(C)(C)C)c2)cc1OC. The first-order valence-electron chi connectivity index (χ1n) is 9.51. The van der Waals surface area contributed by atoms with E-state index in [2.05, 4.69) is 0 Å². The first-order valence-corrected chi connectivity index (χ1v) is 9.51. The highest BCUT2D eigenvalue weighted by atomic mass is 19.1. The number of ether oxygens (including phenoxy) is 4. The molecule has 0 aliphatic heterocycles. The molecule has 0 fully saturated rings. The molecule has 0 aliphatic carbocycles. The molecule has 2 aromatic carbocycles. The molecule has 0 bridgehead atoms. The maximum atomic E-state index is 14.0. The normalized spacial score (nSPS) is 11.0. The van der Waals surface area contributed by atoms with Gasteiger partial charge in [-0.2, -0.15) is 0 Å². The molecule has 0 heterocycles. The zero-order chi connectivity index (χ0) is 22.3. The Kier molecular flexibility index (Phi) is 7.80. The zero-order valence-corrected chi connectivity index (χ0v) is 17.9. The number of hydrogen-bond acceptors (Lipinski definition) is 6. The lowest BCUT2D eigenvalue weighted by Crippen LogP contribution is -2.27. The van der Waals surface area contributed by atoms with Crippen LogP contribution < -0.4 is 14.2 Å². The monoisotopic (exact) mass is 418 g/mol. The Morgan fingerprint density at radius 1 is 0.933 bits per heavy atom. The summed E-state index contributed by atoms with van der Waals surface area (Å²) < 4.78 is 34.8. The van der Waals surface area contributed by atoms with Crippen LogP contribution in [0.5, 0.6) is 17.2 Å². The Morgan fingerprint density at radius 3 is 2.27 bits per heavy atom.